The molecule has 8 heteroatoms. The Kier molecular flexibility index (Phi) is 5.67. The van der Waals surface area contributed by atoms with Crippen molar-refractivity contribution >= 4 is 11.9 Å². The third kappa shape index (κ3) is 4.40. The molecule has 0 aliphatic carbocycles. The predicted octanol–water partition coefficient (Wildman–Crippen LogP) is 1.38. The van der Waals surface area contributed by atoms with Crippen LogP contribution in [0.15, 0.2) is 43.0 Å². The minimum absolute atomic E-state index is 0.353. The van der Waals surface area contributed by atoms with Crippen molar-refractivity contribution in [1.82, 2.24) is 25.2 Å². The maximum Gasteiger partial charge on any atom is 0.352 e. The zero-order valence-corrected chi connectivity index (χ0v) is 16.0. The van der Waals surface area contributed by atoms with E-state index >= 15 is 0 Å². The van der Waals surface area contributed by atoms with Gasteiger partial charge in [-0.2, -0.15) is 0 Å². The Bertz CT molecular complexity index is 744. The second-order valence-corrected chi connectivity index (χ2v) is 7.39. The van der Waals surface area contributed by atoms with E-state index in [1.54, 1.807) is 30.9 Å². The van der Waals surface area contributed by atoms with E-state index in [4.69, 9.17) is 4.74 Å². The molecule has 0 aromatic carbocycles. The highest BCUT2D eigenvalue weighted by atomic mass is 16.6. The molecule has 1 aliphatic rings. The number of aromatic nitrogens is 3. The number of piperazine rings is 1. The fourth-order valence-electron chi connectivity index (χ4n) is 3.09. The highest BCUT2D eigenvalue weighted by Crippen LogP contribution is 2.32. The lowest BCUT2D eigenvalue weighted by Crippen LogP contribution is -2.63. The first-order chi connectivity index (χ1) is 12.9. The Morgan fingerprint density at radius 1 is 1.15 bits per heavy atom. The van der Waals surface area contributed by atoms with Crippen molar-refractivity contribution < 1.29 is 9.53 Å². The van der Waals surface area contributed by atoms with E-state index in [-0.39, 0.29) is 0 Å². The molecular weight excluding hydrogens is 344 g/mol. The third-order valence-electron chi connectivity index (χ3n) is 4.22. The van der Waals surface area contributed by atoms with E-state index in [0.717, 1.165) is 13.1 Å². The molecule has 0 spiro atoms. The maximum absolute atomic E-state index is 13.6. The molecule has 8 nitrogen and oxygen atoms in total. The standard InChI is InChI=1S/C19H26N6O2/c1-18(2,3)27-16(26)19(15-6-4-7-21-14-15,25-12-10-20-11-13-25)24-17-22-8-5-9-23-17/h4-9,14,20H,10-13H2,1-3H3,(H,22,23,24). The van der Waals surface area contributed by atoms with Crippen LogP contribution in [0.4, 0.5) is 5.95 Å². The van der Waals surface area contributed by atoms with Crippen molar-refractivity contribution in [2.45, 2.75) is 32.0 Å². The zero-order valence-electron chi connectivity index (χ0n) is 16.0. The number of nitrogens with zero attached hydrogens (tertiary/aromatic N) is 4. The van der Waals surface area contributed by atoms with Gasteiger partial charge in [-0.3, -0.25) is 9.88 Å². The monoisotopic (exact) mass is 370 g/mol. The SMILES string of the molecule is CC(C)(C)OC(=O)C(Nc1ncccn1)(c1cccnc1)N1CCNCC1. The minimum Gasteiger partial charge on any atom is -0.457 e. The molecule has 2 aromatic rings. The van der Waals surface area contributed by atoms with Gasteiger partial charge in [0.1, 0.15) is 5.60 Å². The molecule has 0 bridgehead atoms. The molecule has 0 saturated carbocycles. The van der Waals surface area contributed by atoms with Crippen molar-refractivity contribution in [2.24, 2.45) is 0 Å². The zero-order chi connectivity index (χ0) is 19.3. The van der Waals surface area contributed by atoms with Gasteiger partial charge in [0.2, 0.25) is 11.6 Å². The topological polar surface area (TPSA) is 92.3 Å². The Balaban J connectivity index is 2.12. The highest BCUT2D eigenvalue weighted by molar-refractivity contribution is 5.85. The number of nitrogens with one attached hydrogen (secondary N) is 2. The van der Waals surface area contributed by atoms with E-state index in [1.165, 1.54) is 0 Å². The van der Waals surface area contributed by atoms with E-state index in [1.807, 2.05) is 32.9 Å². The molecule has 1 fully saturated rings. The van der Waals surface area contributed by atoms with Crippen molar-refractivity contribution in [2.75, 3.05) is 31.5 Å². The van der Waals surface area contributed by atoms with Crippen LogP contribution in [-0.2, 0) is 15.2 Å². The molecule has 2 aromatic heterocycles. The molecule has 144 valence electrons. The fourth-order valence-corrected chi connectivity index (χ4v) is 3.09. The maximum atomic E-state index is 13.6. The molecular formula is C19H26N6O2. The van der Waals surface area contributed by atoms with E-state index in [9.17, 15) is 4.79 Å². The first kappa shape index (κ1) is 19.2. The summed E-state index contributed by atoms with van der Waals surface area (Å²) >= 11 is 0. The number of esters is 1. The van der Waals surface area contributed by atoms with Gasteiger partial charge in [-0.1, -0.05) is 6.07 Å². The van der Waals surface area contributed by atoms with Crippen LogP contribution >= 0.6 is 0 Å². The number of carbonyl (C=O) groups is 1. The first-order valence-electron chi connectivity index (χ1n) is 9.07. The van der Waals surface area contributed by atoms with Crippen LogP contribution in [0.25, 0.3) is 0 Å². The van der Waals surface area contributed by atoms with Crippen LogP contribution in [0.3, 0.4) is 0 Å². The molecule has 3 heterocycles. The van der Waals surface area contributed by atoms with Gasteiger partial charge in [0, 0.05) is 56.5 Å². The average molecular weight is 370 g/mol. The average Bonchev–Trinajstić information content (AvgIpc) is 2.67. The summed E-state index contributed by atoms with van der Waals surface area (Å²) in [6, 6.07) is 5.41. The predicted molar refractivity (Wildman–Crippen MR) is 102 cm³/mol. The lowest BCUT2D eigenvalue weighted by atomic mass is 9.97. The summed E-state index contributed by atoms with van der Waals surface area (Å²) in [5.74, 6) is -0.0527. The van der Waals surface area contributed by atoms with Gasteiger partial charge in [0.15, 0.2) is 0 Å². The quantitative estimate of drug-likeness (QED) is 0.763. The molecule has 1 atom stereocenters. The molecule has 27 heavy (non-hydrogen) atoms. The smallest absolute Gasteiger partial charge is 0.352 e. The van der Waals surface area contributed by atoms with Gasteiger partial charge in [-0.25, -0.2) is 14.8 Å². The molecule has 1 unspecified atom stereocenters. The van der Waals surface area contributed by atoms with Gasteiger partial charge in [-0.15, -0.1) is 0 Å². The van der Waals surface area contributed by atoms with Crippen LogP contribution in [0.5, 0.6) is 0 Å². The summed E-state index contributed by atoms with van der Waals surface area (Å²) in [5, 5.41) is 6.58. The van der Waals surface area contributed by atoms with Crippen molar-refractivity contribution in [3.63, 3.8) is 0 Å². The lowest BCUT2D eigenvalue weighted by Gasteiger charge is -2.45. The van der Waals surface area contributed by atoms with Crippen molar-refractivity contribution in [1.29, 1.82) is 0 Å². The molecule has 0 amide bonds. The second-order valence-electron chi connectivity index (χ2n) is 7.39. The summed E-state index contributed by atoms with van der Waals surface area (Å²) in [6.45, 7) is 8.42. The molecule has 1 aliphatic heterocycles. The summed E-state index contributed by atoms with van der Waals surface area (Å²) in [4.78, 5) is 28.4. The van der Waals surface area contributed by atoms with Gasteiger partial charge in [0.25, 0.3) is 0 Å². The van der Waals surface area contributed by atoms with E-state index in [2.05, 4.69) is 30.5 Å². The second kappa shape index (κ2) is 7.98. The number of carbonyl (C=O) groups excluding carboxylic acids is 1. The first-order valence-corrected chi connectivity index (χ1v) is 9.07. The summed E-state index contributed by atoms with van der Waals surface area (Å²) in [7, 11) is 0. The summed E-state index contributed by atoms with van der Waals surface area (Å²) < 4.78 is 5.84. The van der Waals surface area contributed by atoms with Gasteiger partial charge in [0.05, 0.1) is 0 Å². The van der Waals surface area contributed by atoms with Crippen LogP contribution in [0.1, 0.15) is 26.3 Å². The van der Waals surface area contributed by atoms with Crippen molar-refractivity contribution in [3.8, 4) is 0 Å². The largest absolute Gasteiger partial charge is 0.457 e. The van der Waals surface area contributed by atoms with Crippen LogP contribution < -0.4 is 10.6 Å². The normalized spacial score (nSPS) is 17.7. The number of rotatable bonds is 5. The minimum atomic E-state index is -1.27. The number of hydrogen-bond acceptors (Lipinski definition) is 8. The molecule has 3 rings (SSSR count). The van der Waals surface area contributed by atoms with Gasteiger partial charge in [-0.05, 0) is 32.9 Å². The Morgan fingerprint density at radius 3 is 2.44 bits per heavy atom. The summed E-state index contributed by atoms with van der Waals surface area (Å²) in [5.41, 5.74) is -1.23. The number of hydrogen-bond donors (Lipinski definition) is 2. The van der Waals surface area contributed by atoms with Crippen LogP contribution in [0.2, 0.25) is 0 Å². The molecule has 1 saturated heterocycles. The third-order valence-corrected chi connectivity index (χ3v) is 4.22. The van der Waals surface area contributed by atoms with Crippen LogP contribution in [0, 0.1) is 0 Å². The Hall–Kier alpha value is -2.58. The number of ether oxygens (including phenoxy) is 1. The van der Waals surface area contributed by atoms with Gasteiger partial charge >= 0.3 is 5.97 Å². The van der Waals surface area contributed by atoms with E-state index < -0.39 is 17.2 Å². The van der Waals surface area contributed by atoms with Crippen LogP contribution in [-0.4, -0.2) is 57.6 Å². The van der Waals surface area contributed by atoms with Crippen molar-refractivity contribution in [3.05, 3.63) is 48.5 Å². The Labute approximate surface area is 159 Å². The fraction of sp³-hybridized carbons (Fsp3) is 0.474. The van der Waals surface area contributed by atoms with E-state index in [0.29, 0.717) is 24.6 Å². The lowest BCUT2D eigenvalue weighted by molar-refractivity contribution is -0.169. The molecule has 2 N–H and O–H groups in total. The number of anilines is 1. The Morgan fingerprint density at radius 2 is 1.85 bits per heavy atom. The summed E-state index contributed by atoms with van der Waals surface area (Å²) in [6.07, 6.45) is 6.63. The highest BCUT2D eigenvalue weighted by Gasteiger charge is 2.49. The number of pyridine rings is 1. The van der Waals surface area contributed by atoms with Gasteiger partial charge < -0.3 is 15.4 Å². The molecule has 0 radical (unpaired) electrons.